The second kappa shape index (κ2) is 5.87. The van der Waals surface area contributed by atoms with Gasteiger partial charge in [-0.3, -0.25) is 9.69 Å². The molecule has 0 aliphatic carbocycles. The number of carbonyl (C=O) groups is 2. The van der Waals surface area contributed by atoms with E-state index in [1.54, 1.807) is 4.90 Å². The molecule has 0 spiro atoms. The van der Waals surface area contributed by atoms with Crippen LogP contribution in [0.25, 0.3) is 0 Å². The highest BCUT2D eigenvalue weighted by molar-refractivity contribution is 5.86. The van der Waals surface area contributed by atoms with Crippen molar-refractivity contribution in [3.8, 4) is 0 Å². The molecular weight excluding hydrogens is 242 g/mol. The van der Waals surface area contributed by atoms with Crippen LogP contribution in [0.3, 0.4) is 0 Å². The predicted molar refractivity (Wildman–Crippen MR) is 71.6 cm³/mol. The number of carbonyl (C=O) groups excluding carboxylic acids is 2. The fourth-order valence-electron chi connectivity index (χ4n) is 2.44. The van der Waals surface area contributed by atoms with Gasteiger partial charge in [0.1, 0.15) is 6.61 Å². The van der Waals surface area contributed by atoms with Gasteiger partial charge in [-0.05, 0) is 24.8 Å². The van der Waals surface area contributed by atoms with Gasteiger partial charge in [0.25, 0.3) is 0 Å². The SMILES string of the molecule is CC(=O)[C@@H]1C[C@@H](C)CN1C(=O)OCc1ccccc1. The summed E-state index contributed by atoms with van der Waals surface area (Å²) in [5.41, 5.74) is 0.947. The van der Waals surface area contributed by atoms with E-state index >= 15 is 0 Å². The first kappa shape index (κ1) is 13.6. The molecule has 4 nitrogen and oxygen atoms in total. The standard InChI is InChI=1S/C15H19NO3/c1-11-8-14(12(2)17)16(9-11)15(18)19-10-13-6-4-3-5-7-13/h3-7,11,14H,8-10H2,1-2H3/t11-,14+/m1/s1. The second-order valence-corrected chi connectivity index (χ2v) is 5.16. The van der Waals surface area contributed by atoms with Crippen molar-refractivity contribution in [1.82, 2.24) is 4.90 Å². The summed E-state index contributed by atoms with van der Waals surface area (Å²) in [6.45, 7) is 4.41. The minimum absolute atomic E-state index is 0.0287. The van der Waals surface area contributed by atoms with Crippen LogP contribution in [0, 0.1) is 5.92 Å². The lowest BCUT2D eigenvalue weighted by atomic mass is 10.1. The number of hydrogen-bond acceptors (Lipinski definition) is 3. The molecule has 19 heavy (non-hydrogen) atoms. The Hall–Kier alpha value is -1.84. The van der Waals surface area contributed by atoms with Gasteiger partial charge in [-0.15, -0.1) is 0 Å². The maximum absolute atomic E-state index is 12.0. The zero-order valence-electron chi connectivity index (χ0n) is 11.3. The average Bonchev–Trinajstić information content (AvgIpc) is 2.79. The number of Topliss-reactive ketones (excluding diaryl/α,β-unsaturated/α-hetero) is 1. The molecule has 1 aromatic rings. The smallest absolute Gasteiger partial charge is 0.410 e. The van der Waals surface area contributed by atoms with Gasteiger partial charge in [-0.25, -0.2) is 4.79 Å². The van der Waals surface area contributed by atoms with E-state index in [0.29, 0.717) is 12.5 Å². The Bertz CT molecular complexity index is 458. The molecule has 0 saturated carbocycles. The third-order valence-corrected chi connectivity index (χ3v) is 3.42. The number of likely N-dealkylation sites (tertiary alicyclic amines) is 1. The van der Waals surface area contributed by atoms with Gasteiger partial charge in [-0.2, -0.15) is 0 Å². The van der Waals surface area contributed by atoms with Crippen LogP contribution in [0.15, 0.2) is 30.3 Å². The van der Waals surface area contributed by atoms with Crippen LogP contribution in [0.4, 0.5) is 4.79 Å². The third-order valence-electron chi connectivity index (χ3n) is 3.42. The molecule has 1 aliphatic rings. The van der Waals surface area contributed by atoms with E-state index in [0.717, 1.165) is 12.0 Å². The summed E-state index contributed by atoms with van der Waals surface area (Å²) in [5, 5.41) is 0. The Morgan fingerprint density at radius 1 is 1.32 bits per heavy atom. The molecule has 0 aromatic heterocycles. The highest BCUT2D eigenvalue weighted by Crippen LogP contribution is 2.24. The second-order valence-electron chi connectivity index (χ2n) is 5.16. The maximum atomic E-state index is 12.0. The predicted octanol–water partition coefficient (Wildman–Crippen LogP) is 2.62. The van der Waals surface area contributed by atoms with Gasteiger partial charge < -0.3 is 4.74 Å². The van der Waals surface area contributed by atoms with Crippen molar-refractivity contribution in [3.63, 3.8) is 0 Å². The Labute approximate surface area is 113 Å². The Morgan fingerprint density at radius 2 is 2.00 bits per heavy atom. The number of ether oxygens (including phenoxy) is 1. The molecule has 0 radical (unpaired) electrons. The molecule has 1 amide bonds. The monoisotopic (exact) mass is 261 g/mol. The van der Waals surface area contributed by atoms with Crippen molar-refractivity contribution in [1.29, 1.82) is 0 Å². The molecule has 1 aliphatic heterocycles. The molecule has 2 atom stereocenters. The van der Waals surface area contributed by atoms with Crippen molar-refractivity contribution in [3.05, 3.63) is 35.9 Å². The van der Waals surface area contributed by atoms with Crippen LogP contribution in [0.1, 0.15) is 25.8 Å². The van der Waals surface area contributed by atoms with E-state index in [4.69, 9.17) is 4.74 Å². The first-order valence-electron chi connectivity index (χ1n) is 6.55. The van der Waals surface area contributed by atoms with Gasteiger partial charge in [0.2, 0.25) is 0 Å². The summed E-state index contributed by atoms with van der Waals surface area (Å²) in [5.74, 6) is 0.374. The van der Waals surface area contributed by atoms with Crippen LogP contribution in [-0.4, -0.2) is 29.4 Å². The summed E-state index contributed by atoms with van der Waals surface area (Å²) in [4.78, 5) is 25.1. The highest BCUT2D eigenvalue weighted by atomic mass is 16.6. The van der Waals surface area contributed by atoms with Crippen molar-refractivity contribution in [2.75, 3.05) is 6.54 Å². The number of nitrogens with zero attached hydrogens (tertiary/aromatic N) is 1. The van der Waals surface area contributed by atoms with Crippen molar-refractivity contribution >= 4 is 11.9 Å². The molecule has 0 unspecified atom stereocenters. The number of benzene rings is 1. The number of rotatable bonds is 3. The lowest BCUT2D eigenvalue weighted by molar-refractivity contribution is -0.120. The largest absolute Gasteiger partial charge is 0.445 e. The van der Waals surface area contributed by atoms with Crippen molar-refractivity contribution in [2.24, 2.45) is 5.92 Å². The van der Waals surface area contributed by atoms with E-state index in [-0.39, 0.29) is 18.4 Å². The molecule has 1 fully saturated rings. The molecule has 0 bridgehead atoms. The molecule has 1 heterocycles. The zero-order chi connectivity index (χ0) is 13.8. The Morgan fingerprint density at radius 3 is 2.63 bits per heavy atom. The summed E-state index contributed by atoms with van der Waals surface area (Å²) >= 11 is 0. The molecule has 0 N–H and O–H groups in total. The van der Waals surface area contributed by atoms with Gasteiger partial charge in [0.15, 0.2) is 5.78 Å². The van der Waals surface area contributed by atoms with Crippen LogP contribution < -0.4 is 0 Å². The fourth-order valence-corrected chi connectivity index (χ4v) is 2.44. The van der Waals surface area contributed by atoms with Gasteiger partial charge in [-0.1, -0.05) is 37.3 Å². The quantitative estimate of drug-likeness (QED) is 0.840. The first-order chi connectivity index (χ1) is 9.08. The summed E-state index contributed by atoms with van der Waals surface area (Å²) in [6.07, 6.45) is 0.337. The van der Waals surface area contributed by atoms with Crippen LogP contribution in [-0.2, 0) is 16.1 Å². The maximum Gasteiger partial charge on any atom is 0.410 e. The van der Waals surface area contributed by atoms with E-state index < -0.39 is 6.09 Å². The van der Waals surface area contributed by atoms with Crippen LogP contribution in [0.5, 0.6) is 0 Å². The van der Waals surface area contributed by atoms with Crippen molar-refractivity contribution in [2.45, 2.75) is 32.9 Å². The molecule has 102 valence electrons. The molecule has 4 heteroatoms. The third kappa shape index (κ3) is 3.34. The number of hydrogen-bond donors (Lipinski definition) is 0. The Balaban J connectivity index is 1.94. The topological polar surface area (TPSA) is 46.6 Å². The summed E-state index contributed by atoms with van der Waals surface area (Å²) in [6, 6.07) is 9.21. The summed E-state index contributed by atoms with van der Waals surface area (Å²) < 4.78 is 5.28. The van der Waals surface area contributed by atoms with E-state index in [2.05, 4.69) is 0 Å². The van der Waals surface area contributed by atoms with E-state index in [1.165, 1.54) is 6.92 Å². The number of amides is 1. The first-order valence-corrected chi connectivity index (χ1v) is 6.55. The van der Waals surface area contributed by atoms with Gasteiger partial charge >= 0.3 is 6.09 Å². The molecule has 1 aromatic carbocycles. The lowest BCUT2D eigenvalue weighted by Gasteiger charge is -2.21. The molecular formula is C15H19NO3. The van der Waals surface area contributed by atoms with Gasteiger partial charge in [0, 0.05) is 6.54 Å². The molecule has 2 rings (SSSR count). The van der Waals surface area contributed by atoms with E-state index in [1.807, 2.05) is 37.3 Å². The van der Waals surface area contributed by atoms with Gasteiger partial charge in [0.05, 0.1) is 6.04 Å². The average molecular weight is 261 g/mol. The summed E-state index contributed by atoms with van der Waals surface area (Å²) in [7, 11) is 0. The lowest BCUT2D eigenvalue weighted by Crippen LogP contribution is -2.39. The minimum Gasteiger partial charge on any atom is -0.445 e. The normalized spacial score (nSPS) is 22.3. The van der Waals surface area contributed by atoms with Crippen molar-refractivity contribution < 1.29 is 14.3 Å². The highest BCUT2D eigenvalue weighted by Gasteiger charge is 2.36. The Kier molecular flexibility index (Phi) is 4.20. The van der Waals surface area contributed by atoms with Crippen LogP contribution >= 0.6 is 0 Å². The number of ketones is 1. The van der Waals surface area contributed by atoms with Crippen LogP contribution in [0.2, 0.25) is 0 Å². The fraction of sp³-hybridized carbons (Fsp3) is 0.467. The van der Waals surface area contributed by atoms with E-state index in [9.17, 15) is 9.59 Å². The minimum atomic E-state index is -0.395. The molecule has 1 saturated heterocycles. The zero-order valence-corrected chi connectivity index (χ0v) is 11.3.